The fourth-order valence-corrected chi connectivity index (χ4v) is 3.74. The van der Waals surface area contributed by atoms with Crippen molar-refractivity contribution in [3.8, 4) is 5.13 Å². The first-order chi connectivity index (χ1) is 13.8. The second-order valence-corrected chi connectivity index (χ2v) is 7.54. The lowest BCUT2D eigenvalue weighted by atomic mass is 10.2. The lowest BCUT2D eigenvalue weighted by molar-refractivity contribution is -0.141. The fraction of sp³-hybridized carbons (Fsp3) is 0.105. The van der Waals surface area contributed by atoms with Gasteiger partial charge in [0, 0.05) is 17.6 Å². The van der Waals surface area contributed by atoms with E-state index in [4.69, 9.17) is 11.6 Å². The zero-order valence-corrected chi connectivity index (χ0v) is 16.1. The molecule has 0 atom stereocenters. The number of anilines is 1. The molecule has 148 valence electrons. The van der Waals surface area contributed by atoms with Crippen LogP contribution in [0.2, 0.25) is 5.02 Å². The van der Waals surface area contributed by atoms with E-state index in [1.807, 2.05) is 0 Å². The van der Waals surface area contributed by atoms with E-state index >= 15 is 0 Å². The first-order valence-electron chi connectivity index (χ1n) is 8.37. The molecule has 0 unspecified atom stereocenters. The highest BCUT2D eigenvalue weighted by Gasteiger charge is 2.37. The lowest BCUT2D eigenvalue weighted by Crippen LogP contribution is -2.26. The Hall–Kier alpha value is -2.91. The lowest BCUT2D eigenvalue weighted by Gasteiger charge is -2.14. The van der Waals surface area contributed by atoms with Gasteiger partial charge >= 0.3 is 6.18 Å². The van der Waals surface area contributed by atoms with E-state index in [1.54, 1.807) is 48.5 Å². The summed E-state index contributed by atoms with van der Waals surface area (Å²) < 4.78 is 42.2. The number of nitrogens with zero attached hydrogens (tertiary/aromatic N) is 3. The summed E-state index contributed by atoms with van der Waals surface area (Å²) in [4.78, 5) is 16.7. The second-order valence-electron chi connectivity index (χ2n) is 6.10. The van der Waals surface area contributed by atoms with Crippen LogP contribution in [0.5, 0.6) is 0 Å². The highest BCUT2D eigenvalue weighted by atomic mass is 35.5. The van der Waals surface area contributed by atoms with Crippen molar-refractivity contribution in [1.82, 2.24) is 14.8 Å². The minimum absolute atomic E-state index is 0.0750. The molecule has 5 nitrogen and oxygen atoms in total. The average Bonchev–Trinajstić information content (AvgIpc) is 3.10. The Kier molecular flexibility index (Phi) is 5.01. The first-order valence-corrected chi connectivity index (χ1v) is 9.56. The molecular weight excluding hydrogens is 425 g/mol. The number of para-hydroxylation sites is 1. The Morgan fingerprint density at radius 2 is 1.83 bits per heavy atom. The number of hydrogen-bond acceptors (Lipinski definition) is 5. The van der Waals surface area contributed by atoms with E-state index in [0.717, 1.165) is 22.1 Å². The van der Waals surface area contributed by atoms with Crippen molar-refractivity contribution in [1.29, 1.82) is 0 Å². The Morgan fingerprint density at radius 1 is 1.10 bits per heavy atom. The molecule has 2 aromatic carbocycles. The van der Waals surface area contributed by atoms with Crippen molar-refractivity contribution in [2.45, 2.75) is 12.7 Å². The zero-order chi connectivity index (χ0) is 20.6. The molecule has 0 saturated carbocycles. The largest absolute Gasteiger partial charge is 0.437 e. The number of nitrogens with one attached hydrogen (secondary N) is 1. The molecule has 0 radical (unpaired) electrons. The van der Waals surface area contributed by atoms with Crippen molar-refractivity contribution < 1.29 is 13.2 Å². The number of fused-ring (bicyclic) bond motifs is 1. The molecule has 0 saturated heterocycles. The molecule has 10 heteroatoms. The van der Waals surface area contributed by atoms with Crippen LogP contribution in [0, 0.1) is 0 Å². The Balaban J connectivity index is 1.73. The van der Waals surface area contributed by atoms with Gasteiger partial charge < -0.3 is 5.32 Å². The van der Waals surface area contributed by atoms with Crippen molar-refractivity contribution in [3.63, 3.8) is 0 Å². The molecule has 4 rings (SSSR count). The third-order valence-corrected chi connectivity index (χ3v) is 5.32. The van der Waals surface area contributed by atoms with E-state index in [9.17, 15) is 18.0 Å². The van der Waals surface area contributed by atoms with Gasteiger partial charge in [-0.15, -0.1) is 0 Å². The molecule has 0 bridgehead atoms. The highest BCUT2D eigenvalue weighted by molar-refractivity contribution is 7.20. The first kappa shape index (κ1) is 19.4. The molecule has 0 fully saturated rings. The third kappa shape index (κ3) is 4.10. The van der Waals surface area contributed by atoms with Crippen molar-refractivity contribution in [3.05, 3.63) is 81.2 Å². The summed E-state index contributed by atoms with van der Waals surface area (Å²) in [7, 11) is 0. The van der Waals surface area contributed by atoms with Gasteiger partial charge in [0.05, 0.1) is 15.9 Å². The van der Waals surface area contributed by atoms with E-state index < -0.39 is 23.1 Å². The molecule has 0 aliphatic carbocycles. The highest BCUT2D eigenvalue weighted by Crippen LogP contribution is 2.33. The minimum atomic E-state index is -4.76. The number of halogens is 4. The monoisotopic (exact) mass is 436 g/mol. The molecule has 29 heavy (non-hydrogen) atoms. The number of rotatable bonds is 4. The van der Waals surface area contributed by atoms with Crippen molar-refractivity contribution in [2.75, 3.05) is 5.32 Å². The van der Waals surface area contributed by atoms with Gasteiger partial charge in [0.15, 0.2) is 5.69 Å². The van der Waals surface area contributed by atoms with Crippen LogP contribution in [0.3, 0.4) is 0 Å². The standard InChI is InChI=1S/C19H12ClF3N4OS/c20-12-7-5-11(6-8-12)10-24-14-9-16(28)27(26-17(14)19(21,22)23)18-25-13-3-1-2-4-15(13)29-18/h1-9,24H,10H2. The molecule has 0 spiro atoms. The summed E-state index contributed by atoms with van der Waals surface area (Å²) in [5.74, 6) is 0. The van der Waals surface area contributed by atoms with Crippen LogP contribution in [0.25, 0.3) is 15.3 Å². The quantitative estimate of drug-likeness (QED) is 0.482. The van der Waals surface area contributed by atoms with Gasteiger partial charge in [-0.3, -0.25) is 4.79 Å². The van der Waals surface area contributed by atoms with Gasteiger partial charge in [-0.05, 0) is 29.8 Å². The predicted octanol–water partition coefficient (Wildman–Crippen LogP) is 5.13. The average molecular weight is 437 g/mol. The van der Waals surface area contributed by atoms with Gasteiger partial charge in [-0.1, -0.05) is 47.2 Å². The second kappa shape index (κ2) is 7.49. The van der Waals surface area contributed by atoms with Crippen LogP contribution in [0.1, 0.15) is 11.3 Å². The van der Waals surface area contributed by atoms with Crippen LogP contribution < -0.4 is 10.9 Å². The number of benzene rings is 2. The van der Waals surface area contributed by atoms with Crippen LogP contribution in [0.15, 0.2) is 59.4 Å². The summed E-state index contributed by atoms with van der Waals surface area (Å²) >= 11 is 6.90. The molecule has 4 aromatic rings. The van der Waals surface area contributed by atoms with Gasteiger partial charge in [0.2, 0.25) is 5.13 Å². The summed E-state index contributed by atoms with van der Waals surface area (Å²) in [5, 5.41) is 6.82. The van der Waals surface area contributed by atoms with Crippen molar-refractivity contribution >= 4 is 38.8 Å². The van der Waals surface area contributed by atoms with Gasteiger partial charge in [-0.25, -0.2) is 4.98 Å². The zero-order valence-electron chi connectivity index (χ0n) is 14.6. The van der Waals surface area contributed by atoms with Crippen LogP contribution in [-0.2, 0) is 12.7 Å². The molecular formula is C19H12ClF3N4OS. The number of aromatic nitrogens is 3. The topological polar surface area (TPSA) is 59.8 Å². The van der Waals surface area contributed by atoms with Gasteiger partial charge in [0.25, 0.3) is 5.56 Å². The molecule has 1 N–H and O–H groups in total. The Labute approximate surface area is 171 Å². The summed E-state index contributed by atoms with van der Waals surface area (Å²) in [6, 6.07) is 14.5. The number of thiazole rings is 1. The van der Waals surface area contributed by atoms with Crippen LogP contribution in [-0.4, -0.2) is 14.8 Å². The van der Waals surface area contributed by atoms with Crippen LogP contribution in [0.4, 0.5) is 18.9 Å². The Bertz CT molecular complexity index is 1200. The van der Waals surface area contributed by atoms with E-state index in [0.29, 0.717) is 20.8 Å². The molecule has 2 heterocycles. The molecule has 0 aliphatic heterocycles. The SMILES string of the molecule is O=c1cc(NCc2ccc(Cl)cc2)c(C(F)(F)F)nn1-c1nc2ccccc2s1. The maximum Gasteiger partial charge on any atom is 0.437 e. The van der Waals surface area contributed by atoms with E-state index in [1.165, 1.54) is 0 Å². The number of alkyl halides is 3. The normalized spacial score (nSPS) is 11.7. The smallest absolute Gasteiger partial charge is 0.379 e. The van der Waals surface area contributed by atoms with Crippen molar-refractivity contribution in [2.24, 2.45) is 0 Å². The molecule has 0 amide bonds. The maximum absolute atomic E-state index is 13.6. The van der Waals surface area contributed by atoms with Crippen LogP contribution >= 0.6 is 22.9 Å². The third-order valence-electron chi connectivity index (χ3n) is 4.06. The fourth-order valence-electron chi connectivity index (χ4n) is 2.69. The van der Waals surface area contributed by atoms with Gasteiger partial charge in [0.1, 0.15) is 0 Å². The summed E-state index contributed by atoms with van der Waals surface area (Å²) in [5.41, 5.74) is -1.01. The summed E-state index contributed by atoms with van der Waals surface area (Å²) in [6.07, 6.45) is -4.76. The van der Waals surface area contributed by atoms with E-state index in [2.05, 4.69) is 15.4 Å². The summed E-state index contributed by atoms with van der Waals surface area (Å²) in [6.45, 7) is 0.0759. The predicted molar refractivity (Wildman–Crippen MR) is 107 cm³/mol. The molecule has 2 aromatic heterocycles. The van der Waals surface area contributed by atoms with Gasteiger partial charge in [-0.2, -0.15) is 23.0 Å². The Morgan fingerprint density at radius 3 is 2.52 bits per heavy atom. The minimum Gasteiger partial charge on any atom is -0.379 e. The maximum atomic E-state index is 13.6. The molecule has 0 aliphatic rings. The van der Waals surface area contributed by atoms with E-state index in [-0.39, 0.29) is 11.7 Å². The number of hydrogen-bond donors (Lipinski definition) is 1.